The molecule has 1 aromatic carbocycles. The second-order valence-corrected chi connectivity index (χ2v) is 5.36. The van der Waals surface area contributed by atoms with Gasteiger partial charge in [0.25, 0.3) is 0 Å². The van der Waals surface area contributed by atoms with E-state index in [0.717, 1.165) is 11.3 Å². The third kappa shape index (κ3) is 3.97. The summed E-state index contributed by atoms with van der Waals surface area (Å²) in [6.45, 7) is 3.33. The lowest BCUT2D eigenvalue weighted by molar-refractivity contribution is -0.134. The van der Waals surface area contributed by atoms with Gasteiger partial charge in [-0.2, -0.15) is 0 Å². The first kappa shape index (κ1) is 14.9. The maximum atomic E-state index is 11.9. The zero-order chi connectivity index (χ0) is 14.5. The number of aryl methyl sites for hydroxylation is 1. The van der Waals surface area contributed by atoms with Gasteiger partial charge in [0.2, 0.25) is 5.91 Å². The van der Waals surface area contributed by atoms with Crippen molar-refractivity contribution in [3.8, 4) is 5.75 Å². The van der Waals surface area contributed by atoms with Crippen molar-refractivity contribution in [2.24, 2.45) is 0 Å². The molecule has 1 saturated heterocycles. The Labute approximate surface area is 123 Å². The van der Waals surface area contributed by atoms with Gasteiger partial charge in [-0.25, -0.2) is 0 Å². The van der Waals surface area contributed by atoms with Gasteiger partial charge >= 0.3 is 0 Å². The molecule has 1 aliphatic heterocycles. The molecule has 0 aliphatic carbocycles. The SMILES string of the molecule is Cc1cc(Cl)ccc1OCCC(=O)N1CCC(=O)CC1. The van der Waals surface area contributed by atoms with Gasteiger partial charge in [-0.15, -0.1) is 0 Å². The Balaban J connectivity index is 1.78. The molecule has 2 rings (SSSR count). The van der Waals surface area contributed by atoms with Crippen LogP contribution in [0.3, 0.4) is 0 Å². The number of hydrogen-bond acceptors (Lipinski definition) is 3. The molecule has 0 saturated carbocycles. The zero-order valence-electron chi connectivity index (χ0n) is 11.5. The number of amides is 1. The summed E-state index contributed by atoms with van der Waals surface area (Å²) in [6, 6.07) is 5.40. The minimum absolute atomic E-state index is 0.0455. The highest BCUT2D eigenvalue weighted by Crippen LogP contribution is 2.22. The standard InChI is InChI=1S/C15H18ClNO3/c1-11-10-12(16)2-3-14(11)20-9-6-15(19)17-7-4-13(18)5-8-17/h2-3,10H,4-9H2,1H3. The highest BCUT2D eigenvalue weighted by molar-refractivity contribution is 6.30. The predicted octanol–water partition coefficient (Wildman–Crippen LogP) is 2.61. The van der Waals surface area contributed by atoms with Gasteiger partial charge in [-0.3, -0.25) is 9.59 Å². The van der Waals surface area contributed by atoms with Crippen LogP contribution in [0.5, 0.6) is 5.75 Å². The molecule has 20 heavy (non-hydrogen) atoms. The average molecular weight is 296 g/mol. The van der Waals surface area contributed by atoms with Crippen LogP contribution < -0.4 is 4.74 Å². The van der Waals surface area contributed by atoms with Crippen LogP contribution in [0.2, 0.25) is 5.02 Å². The fourth-order valence-corrected chi connectivity index (χ4v) is 2.41. The van der Waals surface area contributed by atoms with E-state index in [2.05, 4.69) is 0 Å². The van der Waals surface area contributed by atoms with E-state index in [9.17, 15) is 9.59 Å². The monoisotopic (exact) mass is 295 g/mol. The van der Waals surface area contributed by atoms with Crippen molar-refractivity contribution >= 4 is 23.3 Å². The fraction of sp³-hybridized carbons (Fsp3) is 0.467. The number of likely N-dealkylation sites (tertiary alicyclic amines) is 1. The molecule has 108 valence electrons. The van der Waals surface area contributed by atoms with Gasteiger partial charge in [0, 0.05) is 31.0 Å². The topological polar surface area (TPSA) is 46.6 Å². The molecule has 1 aliphatic rings. The summed E-state index contributed by atoms with van der Waals surface area (Å²) < 4.78 is 5.60. The number of carbonyl (C=O) groups excluding carboxylic acids is 2. The van der Waals surface area contributed by atoms with Crippen molar-refractivity contribution in [3.05, 3.63) is 28.8 Å². The Morgan fingerprint density at radius 1 is 1.35 bits per heavy atom. The quantitative estimate of drug-likeness (QED) is 0.858. The summed E-state index contributed by atoms with van der Waals surface area (Å²) in [6.07, 6.45) is 1.28. The number of piperidine rings is 1. The third-order valence-electron chi connectivity index (χ3n) is 3.38. The molecule has 0 atom stereocenters. The number of rotatable bonds is 4. The van der Waals surface area contributed by atoms with E-state index in [1.165, 1.54) is 0 Å². The maximum absolute atomic E-state index is 11.9. The van der Waals surface area contributed by atoms with E-state index >= 15 is 0 Å². The van der Waals surface area contributed by atoms with E-state index in [0.29, 0.717) is 44.0 Å². The molecule has 0 N–H and O–H groups in total. The summed E-state index contributed by atoms with van der Waals surface area (Å²) in [4.78, 5) is 24.8. The van der Waals surface area contributed by atoms with Crippen LogP contribution in [0.4, 0.5) is 0 Å². The van der Waals surface area contributed by atoms with E-state index in [-0.39, 0.29) is 11.7 Å². The number of Topliss-reactive ketones (excluding diaryl/α,β-unsaturated/α-hetero) is 1. The molecule has 5 heteroatoms. The van der Waals surface area contributed by atoms with Crippen molar-refractivity contribution in [2.75, 3.05) is 19.7 Å². The normalized spacial score (nSPS) is 15.3. The molecule has 0 spiro atoms. The fourth-order valence-electron chi connectivity index (χ4n) is 2.19. The zero-order valence-corrected chi connectivity index (χ0v) is 12.3. The lowest BCUT2D eigenvalue weighted by Gasteiger charge is -2.26. The molecule has 1 fully saturated rings. The molecular formula is C15H18ClNO3. The Kier molecular flexibility index (Phi) is 5.01. The number of carbonyl (C=O) groups is 2. The molecule has 0 aromatic heterocycles. The van der Waals surface area contributed by atoms with Crippen LogP contribution in [0.15, 0.2) is 18.2 Å². The first-order chi connectivity index (χ1) is 9.56. The van der Waals surface area contributed by atoms with E-state index < -0.39 is 0 Å². The molecule has 1 heterocycles. The van der Waals surface area contributed by atoms with Crippen LogP contribution in [0.1, 0.15) is 24.8 Å². The minimum atomic E-state index is 0.0455. The van der Waals surface area contributed by atoms with Crippen molar-refractivity contribution in [3.63, 3.8) is 0 Å². The number of hydrogen-bond donors (Lipinski definition) is 0. The smallest absolute Gasteiger partial charge is 0.226 e. The summed E-state index contributed by atoms with van der Waals surface area (Å²) in [7, 11) is 0. The Hall–Kier alpha value is -1.55. The minimum Gasteiger partial charge on any atom is -0.493 e. The van der Waals surface area contributed by atoms with Crippen LogP contribution >= 0.6 is 11.6 Å². The van der Waals surface area contributed by atoms with E-state index in [1.54, 1.807) is 11.0 Å². The lowest BCUT2D eigenvalue weighted by atomic mass is 10.1. The van der Waals surface area contributed by atoms with Gasteiger partial charge in [-0.05, 0) is 30.7 Å². The molecule has 4 nitrogen and oxygen atoms in total. The summed E-state index contributed by atoms with van der Waals surface area (Å²) in [5.74, 6) is 1.03. The number of ketones is 1. The van der Waals surface area contributed by atoms with Crippen molar-refractivity contribution in [1.29, 1.82) is 0 Å². The van der Waals surface area contributed by atoms with Crippen molar-refractivity contribution < 1.29 is 14.3 Å². The third-order valence-corrected chi connectivity index (χ3v) is 3.62. The lowest BCUT2D eigenvalue weighted by Crippen LogP contribution is -2.39. The van der Waals surface area contributed by atoms with Crippen LogP contribution in [0, 0.1) is 6.92 Å². The maximum Gasteiger partial charge on any atom is 0.226 e. The second-order valence-electron chi connectivity index (χ2n) is 4.93. The van der Waals surface area contributed by atoms with Crippen LogP contribution in [-0.2, 0) is 9.59 Å². The molecular weight excluding hydrogens is 278 g/mol. The number of nitrogens with zero attached hydrogens (tertiary/aromatic N) is 1. The first-order valence-corrected chi connectivity index (χ1v) is 7.12. The highest BCUT2D eigenvalue weighted by Gasteiger charge is 2.20. The molecule has 1 amide bonds. The van der Waals surface area contributed by atoms with Crippen molar-refractivity contribution in [1.82, 2.24) is 4.90 Å². The Morgan fingerprint density at radius 3 is 2.70 bits per heavy atom. The molecule has 0 radical (unpaired) electrons. The Bertz CT molecular complexity index is 506. The number of ether oxygens (including phenoxy) is 1. The first-order valence-electron chi connectivity index (χ1n) is 6.74. The largest absolute Gasteiger partial charge is 0.493 e. The molecule has 0 bridgehead atoms. The van der Waals surface area contributed by atoms with Crippen LogP contribution in [0.25, 0.3) is 0 Å². The number of halogens is 1. The van der Waals surface area contributed by atoms with E-state index in [1.807, 2.05) is 19.1 Å². The summed E-state index contributed by atoms with van der Waals surface area (Å²) >= 11 is 5.87. The van der Waals surface area contributed by atoms with Gasteiger partial charge in [0.05, 0.1) is 13.0 Å². The van der Waals surface area contributed by atoms with Gasteiger partial charge in [0.1, 0.15) is 11.5 Å². The predicted molar refractivity (Wildman–Crippen MR) is 77.1 cm³/mol. The van der Waals surface area contributed by atoms with E-state index in [4.69, 9.17) is 16.3 Å². The second kappa shape index (κ2) is 6.75. The Morgan fingerprint density at radius 2 is 2.05 bits per heavy atom. The van der Waals surface area contributed by atoms with Gasteiger partial charge < -0.3 is 9.64 Å². The highest BCUT2D eigenvalue weighted by atomic mass is 35.5. The van der Waals surface area contributed by atoms with Crippen LogP contribution in [-0.4, -0.2) is 36.3 Å². The average Bonchev–Trinajstić information content (AvgIpc) is 2.42. The van der Waals surface area contributed by atoms with Gasteiger partial charge in [-0.1, -0.05) is 11.6 Å². The molecule has 0 unspecified atom stereocenters. The van der Waals surface area contributed by atoms with Crippen molar-refractivity contribution in [2.45, 2.75) is 26.2 Å². The summed E-state index contributed by atoms with van der Waals surface area (Å²) in [5.41, 5.74) is 0.952. The molecule has 1 aromatic rings. The summed E-state index contributed by atoms with van der Waals surface area (Å²) in [5, 5.41) is 0.670. The van der Waals surface area contributed by atoms with Gasteiger partial charge in [0.15, 0.2) is 0 Å². The number of benzene rings is 1.